The van der Waals surface area contributed by atoms with E-state index >= 15 is 0 Å². The molecule has 2 aromatic rings. The number of hydrogen-bond donors (Lipinski definition) is 3. The summed E-state index contributed by atoms with van der Waals surface area (Å²) < 4.78 is 7.46. The van der Waals surface area contributed by atoms with Gasteiger partial charge in [-0.25, -0.2) is 9.67 Å². The summed E-state index contributed by atoms with van der Waals surface area (Å²) in [5.41, 5.74) is 1.81. The van der Waals surface area contributed by atoms with Crippen LogP contribution < -0.4 is 16.0 Å². The van der Waals surface area contributed by atoms with Crippen molar-refractivity contribution < 1.29 is 4.74 Å². The highest BCUT2D eigenvalue weighted by Gasteiger charge is 2.24. The van der Waals surface area contributed by atoms with Crippen molar-refractivity contribution in [3.8, 4) is 0 Å². The zero-order chi connectivity index (χ0) is 19.3. The molecule has 2 aliphatic carbocycles. The van der Waals surface area contributed by atoms with E-state index < -0.39 is 0 Å². The Hall–Kier alpha value is -2.78. The Labute approximate surface area is 164 Å². The summed E-state index contributed by atoms with van der Waals surface area (Å²) in [7, 11) is 3.52. The van der Waals surface area contributed by atoms with Crippen LogP contribution in [0.4, 0.5) is 11.8 Å². The lowest BCUT2D eigenvalue weighted by Gasteiger charge is -2.25. The number of rotatable bonds is 9. The first kappa shape index (κ1) is 18.6. The summed E-state index contributed by atoms with van der Waals surface area (Å²) in [5.74, 6) is 2.13. The molecule has 2 aliphatic rings. The van der Waals surface area contributed by atoms with Gasteiger partial charge in [0.2, 0.25) is 5.95 Å². The van der Waals surface area contributed by atoms with Crippen LogP contribution in [0.15, 0.2) is 42.4 Å². The molecule has 2 unspecified atom stereocenters. The molecule has 9 heteroatoms. The topological polar surface area (TPSA) is 102 Å². The number of nitrogens with zero attached hydrogens (tertiary/aromatic N) is 5. The van der Waals surface area contributed by atoms with Gasteiger partial charge in [0.15, 0.2) is 0 Å². The molecule has 4 rings (SSSR count). The van der Waals surface area contributed by atoms with Crippen LogP contribution in [0.5, 0.6) is 0 Å². The lowest BCUT2D eigenvalue weighted by atomic mass is 10.0. The molecule has 1 fully saturated rings. The van der Waals surface area contributed by atoms with E-state index in [1.807, 2.05) is 36.1 Å². The van der Waals surface area contributed by atoms with Gasteiger partial charge in [0.05, 0.1) is 11.9 Å². The second kappa shape index (κ2) is 8.49. The molecule has 28 heavy (non-hydrogen) atoms. The van der Waals surface area contributed by atoms with Gasteiger partial charge in [-0.05, 0) is 43.5 Å². The van der Waals surface area contributed by atoms with Crippen molar-refractivity contribution in [2.24, 2.45) is 5.92 Å². The van der Waals surface area contributed by atoms with E-state index in [2.05, 4.69) is 42.3 Å². The van der Waals surface area contributed by atoms with Crippen molar-refractivity contribution in [2.45, 2.75) is 31.5 Å². The predicted molar refractivity (Wildman–Crippen MR) is 107 cm³/mol. The summed E-state index contributed by atoms with van der Waals surface area (Å²) in [6.07, 6.45) is 12.3. The minimum absolute atomic E-state index is 0.102. The van der Waals surface area contributed by atoms with Crippen LogP contribution in [-0.2, 0) is 11.3 Å². The SMILES string of the molecule is CNc1ccnc(NC2=CC(n3cc(CNCC4CC4)nn3)C(OC)C=C2)n1. The van der Waals surface area contributed by atoms with Crippen molar-refractivity contribution in [1.82, 2.24) is 30.3 Å². The van der Waals surface area contributed by atoms with Crippen LogP contribution in [-0.4, -0.2) is 51.8 Å². The van der Waals surface area contributed by atoms with E-state index in [4.69, 9.17) is 4.74 Å². The Kier molecular flexibility index (Phi) is 5.63. The number of allylic oxidation sites excluding steroid dienone is 1. The lowest BCUT2D eigenvalue weighted by molar-refractivity contribution is 0.103. The predicted octanol–water partition coefficient (Wildman–Crippen LogP) is 1.73. The Morgan fingerprint density at radius 1 is 1.32 bits per heavy atom. The third kappa shape index (κ3) is 4.55. The van der Waals surface area contributed by atoms with Crippen molar-refractivity contribution >= 4 is 11.8 Å². The van der Waals surface area contributed by atoms with Gasteiger partial charge in [-0.1, -0.05) is 11.3 Å². The van der Waals surface area contributed by atoms with Crippen molar-refractivity contribution in [3.05, 3.63) is 48.1 Å². The van der Waals surface area contributed by atoms with Crippen LogP contribution in [0.3, 0.4) is 0 Å². The average molecular weight is 382 g/mol. The van der Waals surface area contributed by atoms with E-state index in [9.17, 15) is 0 Å². The van der Waals surface area contributed by atoms with Gasteiger partial charge < -0.3 is 20.7 Å². The first-order chi connectivity index (χ1) is 13.7. The molecule has 0 aromatic carbocycles. The third-order valence-corrected chi connectivity index (χ3v) is 4.89. The van der Waals surface area contributed by atoms with Gasteiger partial charge in [0, 0.05) is 32.6 Å². The first-order valence-electron chi connectivity index (χ1n) is 9.57. The molecule has 148 valence electrons. The number of hydrogen-bond acceptors (Lipinski definition) is 8. The second-order valence-corrected chi connectivity index (χ2v) is 7.08. The van der Waals surface area contributed by atoms with E-state index in [0.717, 1.165) is 36.2 Å². The third-order valence-electron chi connectivity index (χ3n) is 4.89. The summed E-state index contributed by atoms with van der Waals surface area (Å²) in [6.45, 7) is 1.79. The number of ether oxygens (including phenoxy) is 1. The molecule has 9 nitrogen and oxygen atoms in total. The molecular formula is C19H26N8O. The number of anilines is 2. The molecule has 2 aromatic heterocycles. The highest BCUT2D eigenvalue weighted by atomic mass is 16.5. The Morgan fingerprint density at radius 2 is 2.21 bits per heavy atom. The van der Waals surface area contributed by atoms with Crippen LogP contribution in [0.25, 0.3) is 0 Å². The van der Waals surface area contributed by atoms with Gasteiger partial charge in [-0.15, -0.1) is 5.10 Å². The van der Waals surface area contributed by atoms with Crippen molar-refractivity contribution in [3.63, 3.8) is 0 Å². The van der Waals surface area contributed by atoms with Gasteiger partial charge >= 0.3 is 0 Å². The standard InChI is InChI=1S/C19H26N8O/c1-20-18-7-8-22-19(24-18)23-14-5-6-17(28-2)16(9-14)27-12-15(25-26-27)11-21-10-13-3-4-13/h5-9,12-13,16-17,21H,3-4,10-11H2,1-2H3,(H2,20,22,23,24). The van der Waals surface area contributed by atoms with Crippen LogP contribution in [0, 0.1) is 5.92 Å². The summed E-state index contributed by atoms with van der Waals surface area (Å²) in [4.78, 5) is 8.66. The maximum atomic E-state index is 5.62. The summed E-state index contributed by atoms with van der Waals surface area (Å²) in [6, 6.07) is 1.71. The molecule has 0 saturated heterocycles. The fourth-order valence-electron chi connectivity index (χ4n) is 3.13. The molecule has 3 N–H and O–H groups in total. The fraction of sp³-hybridized carbons (Fsp3) is 0.474. The Morgan fingerprint density at radius 3 is 3.00 bits per heavy atom. The zero-order valence-corrected chi connectivity index (χ0v) is 16.2. The quantitative estimate of drug-likeness (QED) is 0.603. The molecule has 0 amide bonds. The second-order valence-electron chi connectivity index (χ2n) is 7.08. The maximum Gasteiger partial charge on any atom is 0.229 e. The van der Waals surface area contributed by atoms with E-state index in [1.165, 1.54) is 12.8 Å². The molecule has 1 saturated carbocycles. The van der Waals surface area contributed by atoms with Gasteiger partial charge in [0.25, 0.3) is 0 Å². The molecule has 0 bridgehead atoms. The fourth-order valence-corrected chi connectivity index (χ4v) is 3.13. The summed E-state index contributed by atoms with van der Waals surface area (Å²) in [5, 5.41) is 18.3. The van der Waals surface area contributed by atoms with Crippen LogP contribution in [0.1, 0.15) is 24.6 Å². The maximum absolute atomic E-state index is 5.62. The van der Waals surface area contributed by atoms with Gasteiger partial charge in [-0.2, -0.15) is 4.98 Å². The van der Waals surface area contributed by atoms with Crippen LogP contribution >= 0.6 is 0 Å². The smallest absolute Gasteiger partial charge is 0.229 e. The number of aromatic nitrogens is 5. The molecular weight excluding hydrogens is 356 g/mol. The van der Waals surface area contributed by atoms with Crippen molar-refractivity contribution in [2.75, 3.05) is 31.3 Å². The van der Waals surface area contributed by atoms with E-state index in [-0.39, 0.29) is 12.1 Å². The molecule has 0 aliphatic heterocycles. The number of methoxy groups -OCH3 is 1. The highest BCUT2D eigenvalue weighted by molar-refractivity contribution is 5.46. The van der Waals surface area contributed by atoms with Crippen LogP contribution in [0.2, 0.25) is 0 Å². The largest absolute Gasteiger partial charge is 0.375 e. The monoisotopic (exact) mass is 382 g/mol. The normalized spacial score (nSPS) is 21.4. The highest BCUT2D eigenvalue weighted by Crippen LogP contribution is 2.28. The van der Waals surface area contributed by atoms with E-state index in [1.54, 1.807) is 13.3 Å². The molecule has 0 spiro atoms. The van der Waals surface area contributed by atoms with Crippen molar-refractivity contribution in [1.29, 1.82) is 0 Å². The van der Waals surface area contributed by atoms with E-state index in [0.29, 0.717) is 5.95 Å². The van der Waals surface area contributed by atoms with Gasteiger partial charge in [0.1, 0.15) is 18.0 Å². The minimum atomic E-state index is -0.121. The lowest BCUT2D eigenvalue weighted by Crippen LogP contribution is -2.27. The molecule has 2 heterocycles. The molecule has 0 radical (unpaired) electrons. The Bertz CT molecular complexity index is 857. The molecule has 2 atom stereocenters. The first-order valence-corrected chi connectivity index (χ1v) is 9.57. The number of nitrogens with one attached hydrogen (secondary N) is 3. The summed E-state index contributed by atoms with van der Waals surface area (Å²) >= 11 is 0. The minimum Gasteiger partial charge on any atom is -0.375 e. The zero-order valence-electron chi connectivity index (χ0n) is 16.2. The Balaban J connectivity index is 1.46. The van der Waals surface area contributed by atoms with Gasteiger partial charge in [-0.3, -0.25) is 0 Å². The average Bonchev–Trinajstić information content (AvgIpc) is 3.43.